The molecule has 0 aliphatic rings. The molecule has 2 N–H and O–H groups in total. The Bertz CT molecular complexity index is 363. The molecule has 15 heavy (non-hydrogen) atoms. The highest BCUT2D eigenvalue weighted by Gasteiger charge is 2.14. The van der Waals surface area contributed by atoms with Crippen molar-refractivity contribution >= 4 is 5.78 Å². The zero-order chi connectivity index (χ0) is 11.4. The topological polar surface area (TPSA) is 43.1 Å². The fraction of sp³-hybridized carbons (Fsp3) is 0.417. The molecule has 82 valence electrons. The number of rotatable bonds is 4. The molecule has 0 bridgehead atoms. The Morgan fingerprint density at radius 1 is 1.53 bits per heavy atom. The standard InChI is InChI=1S/C12H16FNO/c1-8(5-6-14)12(15)10-3-4-11(13)9(2)7-10/h3-4,7-8H,5-6,14H2,1-2H3. The van der Waals surface area contributed by atoms with Gasteiger partial charge in [0.05, 0.1) is 0 Å². The molecular weight excluding hydrogens is 193 g/mol. The third-order valence-corrected chi connectivity index (χ3v) is 2.49. The Morgan fingerprint density at radius 3 is 2.73 bits per heavy atom. The van der Waals surface area contributed by atoms with Gasteiger partial charge in [-0.3, -0.25) is 4.79 Å². The van der Waals surface area contributed by atoms with Crippen molar-refractivity contribution in [2.45, 2.75) is 20.3 Å². The molecule has 0 radical (unpaired) electrons. The first-order valence-electron chi connectivity index (χ1n) is 5.06. The number of hydrogen-bond acceptors (Lipinski definition) is 2. The van der Waals surface area contributed by atoms with Gasteiger partial charge in [-0.15, -0.1) is 0 Å². The maximum Gasteiger partial charge on any atom is 0.165 e. The molecule has 0 heterocycles. The second-order valence-corrected chi connectivity index (χ2v) is 3.81. The number of Topliss-reactive ketones (excluding diaryl/α,β-unsaturated/α-hetero) is 1. The summed E-state index contributed by atoms with van der Waals surface area (Å²) in [6.07, 6.45) is 0.662. The molecule has 0 aromatic heterocycles. The SMILES string of the molecule is Cc1cc(C(=O)C(C)CCN)ccc1F. The number of aryl methyl sites for hydroxylation is 1. The lowest BCUT2D eigenvalue weighted by Crippen LogP contribution is -2.15. The largest absolute Gasteiger partial charge is 0.330 e. The van der Waals surface area contributed by atoms with Crippen LogP contribution in [0, 0.1) is 18.7 Å². The van der Waals surface area contributed by atoms with Crippen LogP contribution < -0.4 is 5.73 Å². The first-order valence-corrected chi connectivity index (χ1v) is 5.06. The van der Waals surface area contributed by atoms with Gasteiger partial charge >= 0.3 is 0 Å². The summed E-state index contributed by atoms with van der Waals surface area (Å²) < 4.78 is 13.0. The molecule has 0 saturated heterocycles. The Labute approximate surface area is 89.3 Å². The fourth-order valence-electron chi connectivity index (χ4n) is 1.46. The molecular formula is C12H16FNO. The molecule has 0 aliphatic heterocycles. The number of carbonyl (C=O) groups excluding carboxylic acids is 1. The third-order valence-electron chi connectivity index (χ3n) is 2.49. The lowest BCUT2D eigenvalue weighted by atomic mass is 9.95. The Balaban J connectivity index is 2.87. The van der Waals surface area contributed by atoms with Crippen molar-refractivity contribution in [3.05, 3.63) is 35.1 Å². The second-order valence-electron chi connectivity index (χ2n) is 3.81. The first-order chi connectivity index (χ1) is 7.06. The summed E-state index contributed by atoms with van der Waals surface area (Å²) in [4.78, 5) is 11.8. The summed E-state index contributed by atoms with van der Waals surface area (Å²) in [5, 5.41) is 0. The van der Waals surface area contributed by atoms with Crippen LogP contribution in [0.5, 0.6) is 0 Å². The molecule has 1 aromatic carbocycles. The lowest BCUT2D eigenvalue weighted by Gasteiger charge is -2.09. The van der Waals surface area contributed by atoms with Crippen molar-refractivity contribution in [3.8, 4) is 0 Å². The molecule has 0 aliphatic carbocycles. The summed E-state index contributed by atoms with van der Waals surface area (Å²) in [5.74, 6) is -0.346. The van der Waals surface area contributed by atoms with Crippen molar-refractivity contribution in [1.29, 1.82) is 0 Å². The van der Waals surface area contributed by atoms with E-state index < -0.39 is 0 Å². The van der Waals surface area contributed by atoms with Gasteiger partial charge in [-0.05, 0) is 43.7 Å². The summed E-state index contributed by atoms with van der Waals surface area (Å²) in [5.41, 5.74) is 6.45. The Kier molecular flexibility index (Phi) is 3.97. The summed E-state index contributed by atoms with van der Waals surface area (Å²) in [7, 11) is 0. The number of hydrogen-bond donors (Lipinski definition) is 1. The number of halogens is 1. The van der Waals surface area contributed by atoms with Crippen LogP contribution in [0.3, 0.4) is 0 Å². The van der Waals surface area contributed by atoms with E-state index in [1.54, 1.807) is 13.0 Å². The molecule has 0 amide bonds. The molecule has 3 heteroatoms. The molecule has 1 unspecified atom stereocenters. The van der Waals surface area contributed by atoms with Gasteiger partial charge in [0.2, 0.25) is 0 Å². The molecule has 1 aromatic rings. The van der Waals surface area contributed by atoms with E-state index in [2.05, 4.69) is 0 Å². The molecule has 2 nitrogen and oxygen atoms in total. The van der Waals surface area contributed by atoms with E-state index in [0.717, 1.165) is 0 Å². The van der Waals surface area contributed by atoms with Gasteiger partial charge in [-0.25, -0.2) is 4.39 Å². The van der Waals surface area contributed by atoms with Gasteiger partial charge in [0.1, 0.15) is 5.82 Å². The fourth-order valence-corrected chi connectivity index (χ4v) is 1.46. The van der Waals surface area contributed by atoms with Crippen molar-refractivity contribution in [3.63, 3.8) is 0 Å². The highest BCUT2D eigenvalue weighted by atomic mass is 19.1. The number of ketones is 1. The monoisotopic (exact) mass is 209 g/mol. The minimum atomic E-state index is -0.280. The quantitative estimate of drug-likeness (QED) is 0.773. The molecule has 0 saturated carbocycles. The zero-order valence-electron chi connectivity index (χ0n) is 9.09. The minimum Gasteiger partial charge on any atom is -0.330 e. The molecule has 1 atom stereocenters. The van der Waals surface area contributed by atoms with Crippen LogP contribution in [0.25, 0.3) is 0 Å². The van der Waals surface area contributed by atoms with E-state index >= 15 is 0 Å². The van der Waals surface area contributed by atoms with Gasteiger partial charge in [-0.2, -0.15) is 0 Å². The van der Waals surface area contributed by atoms with E-state index in [0.29, 0.717) is 24.1 Å². The minimum absolute atomic E-state index is 0.0311. The molecule has 0 fully saturated rings. The lowest BCUT2D eigenvalue weighted by molar-refractivity contribution is 0.0925. The maximum atomic E-state index is 13.0. The Hall–Kier alpha value is -1.22. The summed E-state index contributed by atoms with van der Waals surface area (Å²) >= 11 is 0. The second kappa shape index (κ2) is 5.03. The summed E-state index contributed by atoms with van der Waals surface area (Å²) in [6.45, 7) is 3.99. The van der Waals surface area contributed by atoms with E-state index in [1.165, 1.54) is 12.1 Å². The van der Waals surface area contributed by atoms with Crippen LogP contribution in [0.15, 0.2) is 18.2 Å². The van der Waals surface area contributed by atoms with Gasteiger partial charge in [-0.1, -0.05) is 6.92 Å². The molecule has 0 spiro atoms. The highest BCUT2D eigenvalue weighted by Crippen LogP contribution is 2.15. The van der Waals surface area contributed by atoms with Crippen LogP contribution >= 0.6 is 0 Å². The van der Waals surface area contributed by atoms with E-state index in [4.69, 9.17) is 5.73 Å². The normalized spacial score (nSPS) is 12.5. The van der Waals surface area contributed by atoms with Gasteiger partial charge in [0.15, 0.2) is 5.78 Å². The number of nitrogens with two attached hydrogens (primary N) is 1. The van der Waals surface area contributed by atoms with Crippen LogP contribution in [-0.4, -0.2) is 12.3 Å². The molecule has 1 rings (SSSR count). The van der Waals surface area contributed by atoms with Crippen molar-refractivity contribution < 1.29 is 9.18 Å². The smallest absolute Gasteiger partial charge is 0.165 e. The van der Waals surface area contributed by atoms with Crippen molar-refractivity contribution in [2.24, 2.45) is 11.7 Å². The predicted molar refractivity (Wildman–Crippen MR) is 58.3 cm³/mol. The van der Waals surface area contributed by atoms with Crippen LogP contribution in [0.1, 0.15) is 29.3 Å². The average molecular weight is 209 g/mol. The average Bonchev–Trinajstić information content (AvgIpc) is 2.21. The summed E-state index contributed by atoms with van der Waals surface area (Å²) in [6, 6.07) is 4.44. The van der Waals surface area contributed by atoms with E-state index in [9.17, 15) is 9.18 Å². The van der Waals surface area contributed by atoms with Crippen LogP contribution in [-0.2, 0) is 0 Å². The number of carbonyl (C=O) groups is 1. The maximum absolute atomic E-state index is 13.0. The van der Waals surface area contributed by atoms with Gasteiger partial charge in [0, 0.05) is 11.5 Å². The third kappa shape index (κ3) is 2.86. The first kappa shape index (κ1) is 11.9. The van der Waals surface area contributed by atoms with Crippen LogP contribution in [0.2, 0.25) is 0 Å². The predicted octanol–water partition coefficient (Wildman–Crippen LogP) is 2.30. The van der Waals surface area contributed by atoms with Gasteiger partial charge < -0.3 is 5.73 Å². The van der Waals surface area contributed by atoms with Crippen LogP contribution in [0.4, 0.5) is 4.39 Å². The Morgan fingerprint density at radius 2 is 2.20 bits per heavy atom. The highest BCUT2D eigenvalue weighted by molar-refractivity contribution is 5.97. The zero-order valence-corrected chi connectivity index (χ0v) is 9.09. The number of benzene rings is 1. The van der Waals surface area contributed by atoms with E-state index in [1.807, 2.05) is 6.92 Å². The van der Waals surface area contributed by atoms with Crippen molar-refractivity contribution in [1.82, 2.24) is 0 Å². The van der Waals surface area contributed by atoms with Crippen molar-refractivity contribution in [2.75, 3.05) is 6.54 Å². The van der Waals surface area contributed by atoms with E-state index in [-0.39, 0.29) is 17.5 Å². The van der Waals surface area contributed by atoms with Gasteiger partial charge in [0.25, 0.3) is 0 Å².